The molecule has 0 spiro atoms. The number of benzene rings is 4. The zero-order chi connectivity index (χ0) is 30.9. The summed E-state index contributed by atoms with van der Waals surface area (Å²) in [5.41, 5.74) is 9.00. The van der Waals surface area contributed by atoms with Gasteiger partial charge in [-0.1, -0.05) is 139 Å². The van der Waals surface area contributed by atoms with Crippen LogP contribution >= 0.6 is 8.25 Å². The zero-order valence-electron chi connectivity index (χ0n) is 25.1. The van der Waals surface area contributed by atoms with Crippen molar-refractivity contribution in [1.82, 2.24) is 0 Å². The molecule has 7 heteroatoms. The van der Waals surface area contributed by atoms with E-state index in [4.69, 9.17) is 24.1 Å². The van der Waals surface area contributed by atoms with Gasteiger partial charge in [-0.05, 0) is 55.3 Å². The summed E-state index contributed by atoms with van der Waals surface area (Å²) < 4.78 is 24.3. The van der Waals surface area contributed by atoms with E-state index in [1.54, 1.807) is 0 Å². The van der Waals surface area contributed by atoms with Gasteiger partial charge in [-0.3, -0.25) is 0 Å². The smallest absolute Gasteiger partial charge is 0.450 e. The second kappa shape index (κ2) is 14.4. The van der Waals surface area contributed by atoms with Crippen molar-refractivity contribution in [1.29, 1.82) is 0 Å². The molecule has 6 nitrogen and oxygen atoms in total. The van der Waals surface area contributed by atoms with Crippen LogP contribution in [0.3, 0.4) is 0 Å². The molecule has 0 fully saturated rings. The molecule has 0 unspecified atom stereocenters. The van der Waals surface area contributed by atoms with E-state index in [1.807, 2.05) is 36.4 Å². The van der Waals surface area contributed by atoms with Gasteiger partial charge in [0.1, 0.15) is 13.2 Å². The largest absolute Gasteiger partial charge is 0.698 e. The fraction of sp³-hybridized carbons (Fsp3) is 0.286. The first-order chi connectivity index (χ1) is 19.8. The Morgan fingerprint density at radius 3 is 1.19 bits per heavy atom. The maximum absolute atomic E-state index is 12.8. The molecule has 0 aliphatic heterocycles. The normalized spacial score (nSPS) is 11.4. The van der Waals surface area contributed by atoms with Gasteiger partial charge in [-0.15, -0.1) is 9.05 Å². The molecule has 0 saturated carbocycles. The molecule has 0 heterocycles. The Labute approximate surface area is 249 Å². The molecule has 4 rings (SSSR count). The molecular weight excluding hydrogens is 547 g/mol. The van der Waals surface area contributed by atoms with Gasteiger partial charge < -0.3 is 10.2 Å². The van der Waals surface area contributed by atoms with Crippen molar-refractivity contribution in [2.75, 3.05) is 0 Å². The predicted octanol–water partition coefficient (Wildman–Crippen LogP) is 10.2. The lowest BCUT2D eigenvalue weighted by atomic mass is 9.81. The van der Waals surface area contributed by atoms with Crippen molar-refractivity contribution < 1.29 is 28.6 Å². The Balaban J connectivity index is 0.00000114. The molecule has 0 saturated heterocycles. The third-order valence-electron chi connectivity index (χ3n) is 6.74. The van der Waals surface area contributed by atoms with Crippen molar-refractivity contribution in [2.24, 2.45) is 0 Å². The predicted molar refractivity (Wildman–Crippen MR) is 169 cm³/mol. The monoisotopic (exact) mass is 587 g/mol. The highest BCUT2D eigenvalue weighted by molar-refractivity contribution is 7.33. The van der Waals surface area contributed by atoms with Gasteiger partial charge in [0.05, 0.1) is 0 Å². The van der Waals surface area contributed by atoms with Gasteiger partial charge in [0.2, 0.25) is 0 Å². The lowest BCUT2D eigenvalue weighted by Gasteiger charge is -2.24. The van der Waals surface area contributed by atoms with Crippen LogP contribution in [0.4, 0.5) is 4.79 Å². The van der Waals surface area contributed by atoms with E-state index in [2.05, 4.69) is 102 Å². The third kappa shape index (κ3) is 9.09. The second-order valence-corrected chi connectivity index (χ2v) is 12.9. The first-order valence-corrected chi connectivity index (χ1v) is 14.9. The number of hydrogen-bond donors (Lipinski definition) is 2. The molecule has 0 bridgehead atoms. The van der Waals surface area contributed by atoms with Crippen LogP contribution in [-0.2, 0) is 37.7 Å². The van der Waals surface area contributed by atoms with Gasteiger partial charge >= 0.3 is 14.4 Å². The molecule has 220 valence electrons. The lowest BCUT2D eigenvalue weighted by molar-refractivity contribution is 0.137. The minimum Gasteiger partial charge on any atom is -0.450 e. The molecule has 0 atom stereocenters. The molecule has 42 heavy (non-hydrogen) atoms. The quantitative estimate of drug-likeness (QED) is 0.199. The van der Waals surface area contributed by atoms with Crippen LogP contribution in [0.2, 0.25) is 0 Å². The summed E-state index contributed by atoms with van der Waals surface area (Å²) in [6.45, 7) is 13.7. The summed E-state index contributed by atoms with van der Waals surface area (Å²) >= 11 is 0. The van der Waals surface area contributed by atoms with E-state index in [9.17, 15) is 4.57 Å². The van der Waals surface area contributed by atoms with Crippen LogP contribution in [-0.4, -0.2) is 16.4 Å². The molecule has 0 radical (unpaired) electrons. The summed E-state index contributed by atoms with van der Waals surface area (Å²) in [6.07, 6.45) is -1.83. The average Bonchev–Trinajstić information content (AvgIpc) is 2.94. The van der Waals surface area contributed by atoms with Crippen LogP contribution in [0.15, 0.2) is 97.1 Å². The molecule has 4 aromatic rings. The topological polar surface area (TPSA) is 93.1 Å². The Hall–Kier alpha value is -3.83. The highest BCUT2D eigenvalue weighted by Crippen LogP contribution is 2.38. The van der Waals surface area contributed by atoms with Crippen LogP contribution in [0.1, 0.15) is 63.8 Å². The summed E-state index contributed by atoms with van der Waals surface area (Å²) in [7, 11) is -2.30. The molecule has 0 aliphatic rings. The maximum atomic E-state index is 12.8. The van der Waals surface area contributed by atoms with E-state index in [0.29, 0.717) is 0 Å². The highest BCUT2D eigenvalue weighted by atomic mass is 31.1. The standard InChI is InChI=1S/C34H38O3P.CH2O3/c1-33(2,3)31-21-13-11-19-29(31)27-17-9-7-15-25(27)23-36-38(35)37-24-26-16-8-10-18-28(26)30-20-12-14-22-32(30)34(4,5)6;2-1(3)4/h7-22H,23-24H2,1-6H3;(H2,2,3,4)/q+1;. The fourth-order valence-corrected chi connectivity index (χ4v) is 5.41. The van der Waals surface area contributed by atoms with Crippen LogP contribution in [0.5, 0.6) is 0 Å². The summed E-state index contributed by atoms with van der Waals surface area (Å²) in [5, 5.41) is 13.9. The van der Waals surface area contributed by atoms with E-state index in [-0.39, 0.29) is 24.0 Å². The molecule has 0 aliphatic carbocycles. The zero-order valence-corrected chi connectivity index (χ0v) is 26.0. The minimum atomic E-state index is -2.30. The van der Waals surface area contributed by atoms with Crippen molar-refractivity contribution in [3.05, 3.63) is 119 Å². The second-order valence-electron chi connectivity index (χ2n) is 12.0. The summed E-state index contributed by atoms with van der Waals surface area (Å²) in [6, 6.07) is 33.2. The first-order valence-electron chi connectivity index (χ1n) is 13.8. The average molecular weight is 588 g/mol. The Kier molecular flexibility index (Phi) is 11.2. The van der Waals surface area contributed by atoms with Gasteiger partial charge in [-0.2, -0.15) is 0 Å². The number of rotatable bonds is 8. The van der Waals surface area contributed by atoms with Crippen molar-refractivity contribution >= 4 is 14.4 Å². The number of carbonyl (C=O) groups is 1. The molecule has 0 amide bonds. The summed E-state index contributed by atoms with van der Waals surface area (Å²) in [5.74, 6) is 0. The third-order valence-corrected chi connectivity index (χ3v) is 7.42. The van der Waals surface area contributed by atoms with Crippen molar-refractivity contribution in [2.45, 2.75) is 65.6 Å². The molecule has 0 aromatic heterocycles. The van der Waals surface area contributed by atoms with Crippen LogP contribution in [0, 0.1) is 0 Å². The molecule has 4 aromatic carbocycles. The Morgan fingerprint density at radius 2 is 0.857 bits per heavy atom. The van der Waals surface area contributed by atoms with Gasteiger partial charge in [0.15, 0.2) is 0 Å². The van der Waals surface area contributed by atoms with E-state index >= 15 is 0 Å². The highest BCUT2D eigenvalue weighted by Gasteiger charge is 2.25. The van der Waals surface area contributed by atoms with E-state index in [0.717, 1.165) is 22.3 Å². The van der Waals surface area contributed by atoms with Crippen molar-refractivity contribution in [3.8, 4) is 22.3 Å². The van der Waals surface area contributed by atoms with Crippen LogP contribution < -0.4 is 0 Å². The number of hydrogen-bond acceptors (Lipinski definition) is 4. The number of carboxylic acid groups (broad SMARTS) is 2. The minimum absolute atomic E-state index is 0.00216. The Bertz CT molecular complexity index is 1400. The molecular formula is C35H40O6P+. The lowest BCUT2D eigenvalue weighted by Crippen LogP contribution is -2.13. The maximum Gasteiger partial charge on any atom is 0.698 e. The van der Waals surface area contributed by atoms with Crippen LogP contribution in [0.25, 0.3) is 22.3 Å². The van der Waals surface area contributed by atoms with E-state index < -0.39 is 14.4 Å². The van der Waals surface area contributed by atoms with Gasteiger partial charge in [-0.25, -0.2) is 4.79 Å². The summed E-state index contributed by atoms with van der Waals surface area (Å²) in [4.78, 5) is 8.56. The fourth-order valence-electron chi connectivity index (χ4n) is 4.84. The van der Waals surface area contributed by atoms with Gasteiger partial charge in [0.25, 0.3) is 0 Å². The molecule has 2 N–H and O–H groups in total. The van der Waals surface area contributed by atoms with Gasteiger partial charge in [0, 0.05) is 4.57 Å². The van der Waals surface area contributed by atoms with E-state index in [1.165, 1.54) is 22.3 Å². The first kappa shape index (κ1) is 32.7. The van der Waals surface area contributed by atoms with Crippen molar-refractivity contribution in [3.63, 3.8) is 0 Å². The Morgan fingerprint density at radius 1 is 0.571 bits per heavy atom. The SMILES string of the molecule is CC(C)(C)c1ccccc1-c1ccccc1CO[P+](=O)OCc1ccccc1-c1ccccc1C(C)(C)C.O=C(O)O.